The molecule has 0 aliphatic heterocycles. The van der Waals surface area contributed by atoms with E-state index in [4.69, 9.17) is 9.84 Å². The number of halogens is 1. The van der Waals surface area contributed by atoms with Crippen LogP contribution in [-0.2, 0) is 13.7 Å². The summed E-state index contributed by atoms with van der Waals surface area (Å²) in [6, 6.07) is 4.80. The number of aromatic nitrogens is 2. The molecule has 18 heavy (non-hydrogen) atoms. The van der Waals surface area contributed by atoms with Crippen molar-refractivity contribution in [2.24, 2.45) is 7.05 Å². The van der Waals surface area contributed by atoms with E-state index in [1.807, 2.05) is 11.6 Å². The Morgan fingerprint density at radius 1 is 1.56 bits per heavy atom. The lowest BCUT2D eigenvalue weighted by Gasteiger charge is -2.09. The van der Waals surface area contributed by atoms with Gasteiger partial charge in [-0.2, -0.15) is 0 Å². The van der Waals surface area contributed by atoms with E-state index in [1.54, 1.807) is 24.5 Å². The van der Waals surface area contributed by atoms with Crippen molar-refractivity contribution in [3.05, 3.63) is 46.5 Å². The molecule has 0 aliphatic rings. The number of carboxylic acids is 1. The summed E-state index contributed by atoms with van der Waals surface area (Å²) < 4.78 is 8.09. The lowest BCUT2D eigenvalue weighted by atomic mass is 10.2. The van der Waals surface area contributed by atoms with Gasteiger partial charge in [0.05, 0.1) is 0 Å². The van der Waals surface area contributed by atoms with Crippen molar-refractivity contribution in [1.29, 1.82) is 0 Å². The van der Waals surface area contributed by atoms with Crippen LogP contribution in [0.5, 0.6) is 5.75 Å². The Balaban J connectivity index is 2.20. The molecule has 0 bridgehead atoms. The van der Waals surface area contributed by atoms with Gasteiger partial charge in [0, 0.05) is 23.9 Å². The van der Waals surface area contributed by atoms with Crippen molar-refractivity contribution in [2.75, 3.05) is 0 Å². The fourth-order valence-corrected chi connectivity index (χ4v) is 1.81. The zero-order valence-corrected chi connectivity index (χ0v) is 11.2. The summed E-state index contributed by atoms with van der Waals surface area (Å²) >= 11 is 3.28. The maximum absolute atomic E-state index is 11.0. The second-order valence-electron chi connectivity index (χ2n) is 3.69. The zero-order chi connectivity index (χ0) is 13.1. The van der Waals surface area contributed by atoms with E-state index >= 15 is 0 Å². The number of carboxylic acid groups (broad SMARTS) is 1. The molecule has 0 spiro atoms. The van der Waals surface area contributed by atoms with Crippen LogP contribution in [0.15, 0.2) is 35.1 Å². The van der Waals surface area contributed by atoms with Gasteiger partial charge in [0.1, 0.15) is 23.7 Å². The Bertz CT molecular complexity index is 580. The first-order valence-corrected chi connectivity index (χ1v) is 5.99. The van der Waals surface area contributed by atoms with Crippen LogP contribution in [0, 0.1) is 0 Å². The molecule has 1 aromatic heterocycles. The SMILES string of the molecule is Cn1ccnc1COc1cc(Br)ccc1C(=O)O. The lowest BCUT2D eigenvalue weighted by Crippen LogP contribution is -2.06. The number of hydrogen-bond donors (Lipinski definition) is 1. The first-order valence-electron chi connectivity index (χ1n) is 5.20. The Morgan fingerprint density at radius 2 is 2.33 bits per heavy atom. The molecule has 5 nitrogen and oxygen atoms in total. The summed E-state index contributed by atoms with van der Waals surface area (Å²) in [5.74, 6) is 0.0310. The van der Waals surface area contributed by atoms with Crippen molar-refractivity contribution in [1.82, 2.24) is 9.55 Å². The van der Waals surface area contributed by atoms with Gasteiger partial charge in [0.25, 0.3) is 0 Å². The summed E-state index contributed by atoms with van der Waals surface area (Å²) in [5.41, 5.74) is 0.132. The molecule has 0 amide bonds. The van der Waals surface area contributed by atoms with E-state index < -0.39 is 5.97 Å². The molecule has 0 fully saturated rings. The van der Waals surface area contributed by atoms with E-state index in [1.165, 1.54) is 6.07 Å². The quantitative estimate of drug-likeness (QED) is 0.942. The molecule has 1 N–H and O–H groups in total. The lowest BCUT2D eigenvalue weighted by molar-refractivity contribution is 0.0691. The third-order valence-corrected chi connectivity index (χ3v) is 2.95. The summed E-state index contributed by atoms with van der Waals surface area (Å²) in [7, 11) is 1.85. The Morgan fingerprint density at radius 3 is 2.94 bits per heavy atom. The van der Waals surface area contributed by atoms with Gasteiger partial charge in [-0.15, -0.1) is 0 Å². The number of benzene rings is 1. The van der Waals surface area contributed by atoms with Gasteiger partial charge in [-0.1, -0.05) is 15.9 Å². The highest BCUT2D eigenvalue weighted by Crippen LogP contribution is 2.24. The smallest absolute Gasteiger partial charge is 0.339 e. The van der Waals surface area contributed by atoms with E-state index in [0.29, 0.717) is 5.75 Å². The second-order valence-corrected chi connectivity index (χ2v) is 4.60. The van der Waals surface area contributed by atoms with E-state index in [2.05, 4.69) is 20.9 Å². The number of ether oxygens (including phenoxy) is 1. The number of hydrogen-bond acceptors (Lipinski definition) is 3. The molecular weight excluding hydrogens is 300 g/mol. The highest BCUT2D eigenvalue weighted by atomic mass is 79.9. The van der Waals surface area contributed by atoms with E-state index in [-0.39, 0.29) is 12.2 Å². The first-order chi connectivity index (χ1) is 8.58. The maximum Gasteiger partial charge on any atom is 0.339 e. The second kappa shape index (κ2) is 5.22. The van der Waals surface area contributed by atoms with Gasteiger partial charge in [-0.3, -0.25) is 0 Å². The van der Waals surface area contributed by atoms with Crippen molar-refractivity contribution in [3.63, 3.8) is 0 Å². The van der Waals surface area contributed by atoms with Gasteiger partial charge in [-0.05, 0) is 18.2 Å². The van der Waals surface area contributed by atoms with Crippen LogP contribution >= 0.6 is 15.9 Å². The molecule has 1 aromatic carbocycles. The topological polar surface area (TPSA) is 64.4 Å². The predicted octanol–water partition coefficient (Wildman–Crippen LogP) is 2.46. The van der Waals surface area contributed by atoms with Crippen molar-refractivity contribution in [2.45, 2.75) is 6.61 Å². The van der Waals surface area contributed by atoms with Gasteiger partial charge >= 0.3 is 5.97 Å². The largest absolute Gasteiger partial charge is 0.485 e. The minimum atomic E-state index is -1.02. The normalized spacial score (nSPS) is 10.3. The van der Waals surface area contributed by atoms with Crippen LogP contribution in [0.1, 0.15) is 16.2 Å². The Kier molecular flexibility index (Phi) is 3.66. The van der Waals surface area contributed by atoms with Crippen molar-refractivity contribution < 1.29 is 14.6 Å². The first kappa shape index (κ1) is 12.6. The third-order valence-electron chi connectivity index (χ3n) is 2.45. The van der Waals surface area contributed by atoms with Crippen LogP contribution in [0.4, 0.5) is 0 Å². The predicted molar refractivity (Wildman–Crippen MR) is 68.6 cm³/mol. The summed E-state index contributed by atoms with van der Waals surface area (Å²) in [4.78, 5) is 15.2. The monoisotopic (exact) mass is 310 g/mol. The van der Waals surface area contributed by atoms with Gasteiger partial charge in [0.2, 0.25) is 0 Å². The Labute approximate surface area is 112 Å². The molecular formula is C12H11BrN2O3. The number of aromatic carboxylic acids is 1. The fourth-order valence-electron chi connectivity index (χ4n) is 1.47. The Hall–Kier alpha value is -1.82. The molecule has 2 aromatic rings. The highest BCUT2D eigenvalue weighted by molar-refractivity contribution is 9.10. The van der Waals surface area contributed by atoms with Gasteiger partial charge in [-0.25, -0.2) is 9.78 Å². The average Bonchev–Trinajstić information content (AvgIpc) is 2.72. The van der Waals surface area contributed by atoms with Crippen LogP contribution in [-0.4, -0.2) is 20.6 Å². The molecule has 1 heterocycles. The number of aryl methyl sites for hydroxylation is 1. The maximum atomic E-state index is 11.0. The van der Waals surface area contributed by atoms with Crippen LogP contribution < -0.4 is 4.74 Å². The standard InChI is InChI=1S/C12H11BrN2O3/c1-15-5-4-14-11(15)7-18-10-6-8(13)2-3-9(10)12(16)17/h2-6H,7H2,1H3,(H,16,17). The molecule has 2 rings (SSSR count). The minimum absolute atomic E-state index is 0.132. The average molecular weight is 311 g/mol. The molecule has 0 saturated heterocycles. The summed E-state index contributed by atoms with van der Waals surface area (Å²) in [6.07, 6.45) is 3.47. The molecule has 6 heteroatoms. The molecule has 0 radical (unpaired) electrons. The fraction of sp³-hybridized carbons (Fsp3) is 0.167. The number of carbonyl (C=O) groups is 1. The number of rotatable bonds is 4. The zero-order valence-electron chi connectivity index (χ0n) is 9.63. The van der Waals surface area contributed by atoms with E-state index in [9.17, 15) is 4.79 Å². The number of imidazole rings is 1. The molecule has 0 atom stereocenters. The molecule has 0 saturated carbocycles. The minimum Gasteiger partial charge on any atom is -0.485 e. The van der Waals surface area contributed by atoms with Crippen LogP contribution in [0.2, 0.25) is 0 Å². The molecule has 0 aliphatic carbocycles. The summed E-state index contributed by atoms with van der Waals surface area (Å²) in [6.45, 7) is 0.222. The highest BCUT2D eigenvalue weighted by Gasteiger charge is 2.12. The molecule has 0 unspecified atom stereocenters. The number of nitrogens with zero attached hydrogens (tertiary/aromatic N) is 2. The van der Waals surface area contributed by atoms with Gasteiger partial charge in [0.15, 0.2) is 0 Å². The summed E-state index contributed by atoms with van der Waals surface area (Å²) in [5, 5.41) is 9.05. The van der Waals surface area contributed by atoms with E-state index in [0.717, 1.165) is 10.3 Å². The third kappa shape index (κ3) is 2.70. The molecule has 94 valence electrons. The van der Waals surface area contributed by atoms with Crippen molar-refractivity contribution >= 4 is 21.9 Å². The van der Waals surface area contributed by atoms with Crippen molar-refractivity contribution in [3.8, 4) is 5.75 Å². The van der Waals surface area contributed by atoms with Gasteiger partial charge < -0.3 is 14.4 Å². The van der Waals surface area contributed by atoms with Crippen LogP contribution in [0.3, 0.4) is 0 Å². The van der Waals surface area contributed by atoms with Crippen LogP contribution in [0.25, 0.3) is 0 Å².